The van der Waals surface area contributed by atoms with Crippen LogP contribution in [-0.2, 0) is 6.42 Å². The minimum Gasteiger partial charge on any atom is -0.297 e. The molecule has 0 spiro atoms. The molecule has 1 atom stereocenters. The Morgan fingerprint density at radius 1 is 1.53 bits per heavy atom. The molecule has 4 nitrogen and oxygen atoms in total. The first kappa shape index (κ1) is 12.4. The Bertz CT molecular complexity index is 552. The van der Waals surface area contributed by atoms with Crippen LogP contribution in [0.4, 0.5) is 0 Å². The first-order chi connectivity index (χ1) is 8.19. The van der Waals surface area contributed by atoms with Gasteiger partial charge in [0.05, 0.1) is 16.1 Å². The topological polar surface area (TPSA) is 46.5 Å². The van der Waals surface area contributed by atoms with E-state index in [4.69, 9.17) is 12.2 Å². The average molecular weight is 268 g/mol. The lowest BCUT2D eigenvalue weighted by Gasteiger charge is -2.12. The summed E-state index contributed by atoms with van der Waals surface area (Å²) >= 11 is 6.92. The summed E-state index contributed by atoms with van der Waals surface area (Å²) in [6.07, 6.45) is 1.94. The SMILES string of the molecule is CCc1ncsc1-c1n[nH]c(=S)n1C(C)CC. The Balaban J connectivity index is 2.57. The Morgan fingerprint density at radius 3 is 2.94 bits per heavy atom. The third kappa shape index (κ3) is 2.19. The molecule has 2 rings (SSSR count). The van der Waals surface area contributed by atoms with E-state index in [0.717, 1.165) is 29.2 Å². The second kappa shape index (κ2) is 5.10. The predicted octanol–water partition coefficient (Wildman–Crippen LogP) is 3.60. The number of aryl methyl sites for hydroxylation is 1. The van der Waals surface area contributed by atoms with Crippen molar-refractivity contribution in [2.75, 3.05) is 0 Å². The van der Waals surface area contributed by atoms with Gasteiger partial charge in [-0.1, -0.05) is 13.8 Å². The highest BCUT2D eigenvalue weighted by molar-refractivity contribution is 7.71. The molecule has 1 unspecified atom stereocenters. The summed E-state index contributed by atoms with van der Waals surface area (Å²) in [5.41, 5.74) is 2.96. The highest BCUT2D eigenvalue weighted by atomic mass is 32.1. The molecule has 17 heavy (non-hydrogen) atoms. The van der Waals surface area contributed by atoms with E-state index in [9.17, 15) is 0 Å². The lowest BCUT2D eigenvalue weighted by molar-refractivity contribution is 0.529. The molecule has 0 aromatic carbocycles. The second-order valence-electron chi connectivity index (χ2n) is 3.96. The van der Waals surface area contributed by atoms with Crippen molar-refractivity contribution in [2.24, 2.45) is 0 Å². The van der Waals surface area contributed by atoms with Gasteiger partial charge in [0.15, 0.2) is 10.6 Å². The van der Waals surface area contributed by atoms with E-state index in [0.29, 0.717) is 10.8 Å². The minimum atomic E-state index is 0.350. The van der Waals surface area contributed by atoms with Gasteiger partial charge in [0.1, 0.15) is 0 Å². The molecule has 0 aliphatic rings. The van der Waals surface area contributed by atoms with Gasteiger partial charge in [0.2, 0.25) is 0 Å². The summed E-state index contributed by atoms with van der Waals surface area (Å²) in [6.45, 7) is 6.41. The van der Waals surface area contributed by atoms with Gasteiger partial charge in [-0.2, -0.15) is 5.10 Å². The number of H-pyrrole nitrogens is 1. The molecule has 0 amide bonds. The van der Waals surface area contributed by atoms with E-state index in [1.54, 1.807) is 11.3 Å². The van der Waals surface area contributed by atoms with Gasteiger partial charge < -0.3 is 0 Å². The Labute approximate surface area is 110 Å². The maximum Gasteiger partial charge on any atom is 0.195 e. The van der Waals surface area contributed by atoms with Gasteiger partial charge in [-0.3, -0.25) is 9.67 Å². The zero-order valence-electron chi connectivity index (χ0n) is 10.2. The molecular weight excluding hydrogens is 252 g/mol. The van der Waals surface area contributed by atoms with Crippen LogP contribution in [0.15, 0.2) is 5.51 Å². The first-order valence-corrected chi connectivity index (χ1v) is 7.07. The monoisotopic (exact) mass is 268 g/mol. The number of nitrogens with one attached hydrogen (secondary N) is 1. The van der Waals surface area contributed by atoms with Crippen LogP contribution in [0, 0.1) is 4.77 Å². The maximum atomic E-state index is 5.30. The molecule has 0 bridgehead atoms. The fourth-order valence-corrected chi connectivity index (χ4v) is 2.94. The fraction of sp³-hybridized carbons (Fsp3) is 0.545. The molecule has 1 N–H and O–H groups in total. The van der Waals surface area contributed by atoms with Crippen LogP contribution in [0.25, 0.3) is 10.7 Å². The number of hydrogen-bond acceptors (Lipinski definition) is 4. The zero-order valence-corrected chi connectivity index (χ0v) is 11.9. The highest BCUT2D eigenvalue weighted by Gasteiger charge is 2.17. The van der Waals surface area contributed by atoms with Crippen LogP contribution in [0.1, 0.15) is 38.9 Å². The van der Waals surface area contributed by atoms with Gasteiger partial charge in [-0.05, 0) is 32.0 Å². The first-order valence-electron chi connectivity index (χ1n) is 5.78. The number of nitrogens with zero attached hydrogens (tertiary/aromatic N) is 3. The molecule has 2 aromatic heterocycles. The summed E-state index contributed by atoms with van der Waals surface area (Å²) in [5, 5.41) is 7.24. The van der Waals surface area contributed by atoms with Gasteiger partial charge in [-0.25, -0.2) is 4.98 Å². The Kier molecular flexibility index (Phi) is 3.73. The lowest BCUT2D eigenvalue weighted by Crippen LogP contribution is -2.06. The van der Waals surface area contributed by atoms with Gasteiger partial charge in [-0.15, -0.1) is 11.3 Å². The summed E-state index contributed by atoms with van der Waals surface area (Å²) in [4.78, 5) is 5.49. The molecule has 0 saturated heterocycles. The van der Waals surface area contributed by atoms with E-state index in [-0.39, 0.29) is 0 Å². The third-order valence-corrected chi connectivity index (χ3v) is 4.07. The maximum absolute atomic E-state index is 5.30. The van der Waals surface area contributed by atoms with E-state index in [1.165, 1.54) is 0 Å². The molecule has 0 aliphatic heterocycles. The number of rotatable bonds is 4. The predicted molar refractivity (Wildman–Crippen MR) is 72.9 cm³/mol. The van der Waals surface area contributed by atoms with Gasteiger partial charge in [0.25, 0.3) is 0 Å². The van der Waals surface area contributed by atoms with Crippen molar-refractivity contribution >= 4 is 23.6 Å². The summed E-state index contributed by atoms with van der Waals surface area (Å²) in [7, 11) is 0. The average Bonchev–Trinajstić information content (AvgIpc) is 2.93. The molecule has 2 aromatic rings. The van der Waals surface area contributed by atoms with Gasteiger partial charge in [0, 0.05) is 6.04 Å². The van der Waals surface area contributed by atoms with Crippen molar-refractivity contribution in [2.45, 2.75) is 39.7 Å². The number of hydrogen-bond donors (Lipinski definition) is 1. The van der Waals surface area contributed by atoms with Crippen LogP contribution in [0.2, 0.25) is 0 Å². The zero-order chi connectivity index (χ0) is 12.4. The molecule has 0 fully saturated rings. The number of aromatic nitrogens is 4. The lowest BCUT2D eigenvalue weighted by atomic mass is 10.2. The van der Waals surface area contributed by atoms with Crippen molar-refractivity contribution in [3.8, 4) is 10.7 Å². The van der Waals surface area contributed by atoms with E-state index < -0.39 is 0 Å². The van der Waals surface area contributed by atoms with E-state index >= 15 is 0 Å². The molecular formula is C11H16N4S2. The Hall–Kier alpha value is -1.01. The summed E-state index contributed by atoms with van der Waals surface area (Å²) in [6, 6.07) is 0.350. The standard InChI is InChI=1S/C11H16N4S2/c1-4-7(3)15-10(13-14-11(15)16)9-8(5-2)12-6-17-9/h6-7H,4-5H2,1-3H3,(H,14,16). The number of aromatic amines is 1. The molecule has 0 radical (unpaired) electrons. The van der Waals surface area contributed by atoms with Crippen molar-refractivity contribution in [3.63, 3.8) is 0 Å². The van der Waals surface area contributed by atoms with Crippen LogP contribution in [0.5, 0.6) is 0 Å². The molecule has 0 aliphatic carbocycles. The van der Waals surface area contributed by atoms with Crippen molar-refractivity contribution in [1.82, 2.24) is 19.7 Å². The third-order valence-electron chi connectivity index (χ3n) is 2.92. The van der Waals surface area contributed by atoms with Crippen LogP contribution in [0.3, 0.4) is 0 Å². The van der Waals surface area contributed by atoms with E-state index in [2.05, 4.69) is 40.5 Å². The molecule has 0 saturated carbocycles. The largest absolute Gasteiger partial charge is 0.297 e. The van der Waals surface area contributed by atoms with Crippen LogP contribution < -0.4 is 0 Å². The Morgan fingerprint density at radius 2 is 2.29 bits per heavy atom. The van der Waals surface area contributed by atoms with Gasteiger partial charge >= 0.3 is 0 Å². The summed E-state index contributed by atoms with van der Waals surface area (Å²) < 4.78 is 2.77. The number of thiazole rings is 1. The summed E-state index contributed by atoms with van der Waals surface area (Å²) in [5.74, 6) is 0.920. The van der Waals surface area contributed by atoms with E-state index in [1.807, 2.05) is 5.51 Å². The quantitative estimate of drug-likeness (QED) is 0.862. The smallest absolute Gasteiger partial charge is 0.195 e. The molecule has 2 heterocycles. The highest BCUT2D eigenvalue weighted by Crippen LogP contribution is 2.29. The van der Waals surface area contributed by atoms with Crippen LogP contribution >= 0.6 is 23.6 Å². The van der Waals surface area contributed by atoms with Crippen molar-refractivity contribution < 1.29 is 0 Å². The van der Waals surface area contributed by atoms with Crippen molar-refractivity contribution in [3.05, 3.63) is 16.0 Å². The van der Waals surface area contributed by atoms with Crippen molar-refractivity contribution in [1.29, 1.82) is 0 Å². The molecule has 6 heteroatoms. The molecule has 92 valence electrons. The van der Waals surface area contributed by atoms with Crippen LogP contribution in [-0.4, -0.2) is 19.7 Å². The second-order valence-corrected chi connectivity index (χ2v) is 5.20. The fourth-order valence-electron chi connectivity index (χ4n) is 1.76. The minimum absolute atomic E-state index is 0.350. The normalized spacial score (nSPS) is 12.9.